The predicted molar refractivity (Wildman–Crippen MR) is 144 cm³/mol. The number of nitrogens with zero attached hydrogens (tertiary/aromatic N) is 1. The summed E-state index contributed by atoms with van der Waals surface area (Å²) >= 11 is 0. The average molecular weight is 489 g/mol. The van der Waals surface area contributed by atoms with Crippen LogP contribution in [-0.4, -0.2) is 33.3 Å². The Morgan fingerprint density at radius 2 is 1.78 bits per heavy atom. The smallest absolute Gasteiger partial charge is 0.224 e. The molecule has 0 aromatic heterocycles. The molecule has 0 saturated heterocycles. The summed E-state index contributed by atoms with van der Waals surface area (Å²) < 4.78 is 17.0. The predicted octanol–water partition coefficient (Wildman–Crippen LogP) is 6.49. The number of para-hydroxylation sites is 1. The van der Waals surface area contributed by atoms with Gasteiger partial charge in [-0.2, -0.15) is 5.26 Å². The molecule has 36 heavy (non-hydrogen) atoms. The Balaban J connectivity index is 2.53. The molecule has 6 nitrogen and oxygen atoms in total. The minimum Gasteiger partial charge on any atom is -0.496 e. The Morgan fingerprint density at radius 3 is 2.42 bits per heavy atom. The molecular formula is C30H36N2O4. The maximum absolute atomic E-state index is 12.7. The van der Waals surface area contributed by atoms with Gasteiger partial charge in [0.05, 0.1) is 44.3 Å². The lowest BCUT2D eigenvalue weighted by molar-refractivity contribution is -0.115. The summed E-state index contributed by atoms with van der Waals surface area (Å²) in [6.07, 6.45) is 1.04. The number of carbonyl (C=O) groups excluding carboxylic acids is 1. The highest BCUT2D eigenvalue weighted by molar-refractivity contribution is 6.10. The molecule has 3 rings (SSSR count). The number of carbonyl (C=O) groups is 1. The summed E-state index contributed by atoms with van der Waals surface area (Å²) in [4.78, 5) is 12.7. The third kappa shape index (κ3) is 6.04. The Bertz CT molecular complexity index is 1270. The third-order valence-corrected chi connectivity index (χ3v) is 6.01. The first-order valence-electron chi connectivity index (χ1n) is 12.3. The summed E-state index contributed by atoms with van der Waals surface area (Å²) in [5.41, 5.74) is 4.90. The van der Waals surface area contributed by atoms with Crippen LogP contribution in [0.1, 0.15) is 50.8 Å². The second-order valence-corrected chi connectivity index (χ2v) is 9.93. The van der Waals surface area contributed by atoms with Crippen molar-refractivity contribution in [1.29, 1.82) is 5.26 Å². The molecule has 3 aromatic rings. The molecule has 0 aliphatic rings. The van der Waals surface area contributed by atoms with Gasteiger partial charge in [0.2, 0.25) is 5.91 Å². The molecule has 0 spiro atoms. The quantitative estimate of drug-likeness (QED) is 0.330. The third-order valence-electron chi connectivity index (χ3n) is 6.01. The van der Waals surface area contributed by atoms with Crippen molar-refractivity contribution in [3.8, 4) is 22.9 Å². The van der Waals surface area contributed by atoms with E-state index in [1.807, 2.05) is 49.4 Å². The molecule has 0 aliphatic heterocycles. The van der Waals surface area contributed by atoms with E-state index in [9.17, 15) is 10.1 Å². The molecule has 0 aliphatic carbocycles. The van der Waals surface area contributed by atoms with Gasteiger partial charge in [0.1, 0.15) is 5.75 Å². The van der Waals surface area contributed by atoms with Crippen LogP contribution in [0.5, 0.6) is 5.75 Å². The molecule has 0 atom stereocenters. The first kappa shape index (κ1) is 27.2. The maximum Gasteiger partial charge on any atom is 0.224 e. The minimum absolute atomic E-state index is 0.0748. The molecule has 0 radical (unpaired) electrons. The van der Waals surface area contributed by atoms with Crippen molar-refractivity contribution in [3.63, 3.8) is 0 Å². The summed E-state index contributed by atoms with van der Waals surface area (Å²) in [7, 11) is 3.29. The molecular weight excluding hydrogens is 452 g/mol. The molecule has 3 aromatic carbocycles. The van der Waals surface area contributed by atoms with E-state index >= 15 is 0 Å². The molecule has 0 fully saturated rings. The largest absolute Gasteiger partial charge is 0.496 e. The SMILES string of the molecule is CCC(=O)Nc1c(COCCOC)c(-c2ccccc2OC)c(CC(C)(C)C)c2c(C#N)cccc12. The summed E-state index contributed by atoms with van der Waals surface area (Å²) in [5, 5.41) is 14.9. The molecule has 6 heteroatoms. The number of benzene rings is 3. The highest BCUT2D eigenvalue weighted by Gasteiger charge is 2.27. The summed E-state index contributed by atoms with van der Waals surface area (Å²) in [5.74, 6) is 0.610. The van der Waals surface area contributed by atoms with Crippen LogP contribution in [0.15, 0.2) is 42.5 Å². The number of anilines is 1. The monoisotopic (exact) mass is 488 g/mol. The van der Waals surface area contributed by atoms with Gasteiger partial charge < -0.3 is 19.5 Å². The Hall–Kier alpha value is -3.40. The van der Waals surface area contributed by atoms with Gasteiger partial charge in [-0.25, -0.2) is 0 Å². The zero-order valence-electron chi connectivity index (χ0n) is 22.2. The van der Waals surface area contributed by atoms with E-state index in [2.05, 4.69) is 32.2 Å². The lowest BCUT2D eigenvalue weighted by Crippen LogP contribution is -2.17. The number of ether oxygens (including phenoxy) is 3. The van der Waals surface area contributed by atoms with Crippen LogP contribution in [-0.2, 0) is 27.3 Å². The number of amides is 1. The van der Waals surface area contributed by atoms with Crippen LogP contribution >= 0.6 is 0 Å². The van der Waals surface area contributed by atoms with E-state index in [-0.39, 0.29) is 17.9 Å². The van der Waals surface area contributed by atoms with Crippen LogP contribution in [0.2, 0.25) is 0 Å². The molecule has 190 valence electrons. The molecule has 0 saturated carbocycles. The second-order valence-electron chi connectivity index (χ2n) is 9.93. The molecule has 0 bridgehead atoms. The van der Waals surface area contributed by atoms with E-state index in [4.69, 9.17) is 14.2 Å². The van der Waals surface area contributed by atoms with Crippen LogP contribution in [0.3, 0.4) is 0 Å². The van der Waals surface area contributed by atoms with Crippen molar-refractivity contribution >= 4 is 22.4 Å². The fourth-order valence-electron chi connectivity index (χ4n) is 4.49. The molecule has 1 amide bonds. The number of hydrogen-bond acceptors (Lipinski definition) is 5. The van der Waals surface area contributed by atoms with E-state index in [1.54, 1.807) is 14.2 Å². The van der Waals surface area contributed by atoms with Crippen LogP contribution in [0.25, 0.3) is 21.9 Å². The number of rotatable bonds is 10. The summed E-state index contributed by atoms with van der Waals surface area (Å²) in [6.45, 7) is 9.50. The zero-order valence-corrected chi connectivity index (χ0v) is 22.2. The Kier molecular flexibility index (Phi) is 9.08. The van der Waals surface area contributed by atoms with Gasteiger partial charge in [0.25, 0.3) is 0 Å². The van der Waals surface area contributed by atoms with Gasteiger partial charge in [-0.3, -0.25) is 4.79 Å². The van der Waals surface area contributed by atoms with Gasteiger partial charge >= 0.3 is 0 Å². The number of methoxy groups -OCH3 is 2. The molecule has 1 N–H and O–H groups in total. The Labute approximate surface area is 214 Å². The number of hydrogen-bond donors (Lipinski definition) is 1. The average Bonchev–Trinajstić information content (AvgIpc) is 2.86. The fraction of sp³-hybridized carbons (Fsp3) is 0.400. The second kappa shape index (κ2) is 12.0. The van der Waals surface area contributed by atoms with Gasteiger partial charge in [0.15, 0.2) is 0 Å². The lowest BCUT2D eigenvalue weighted by atomic mass is 9.79. The van der Waals surface area contributed by atoms with E-state index in [1.165, 1.54) is 0 Å². The van der Waals surface area contributed by atoms with Crippen LogP contribution in [0, 0.1) is 16.7 Å². The number of fused-ring (bicyclic) bond motifs is 1. The van der Waals surface area contributed by atoms with E-state index in [0.29, 0.717) is 43.1 Å². The zero-order chi connectivity index (χ0) is 26.3. The van der Waals surface area contributed by atoms with E-state index in [0.717, 1.165) is 33.0 Å². The normalized spacial score (nSPS) is 11.4. The minimum atomic E-state index is -0.105. The Morgan fingerprint density at radius 1 is 1.03 bits per heavy atom. The van der Waals surface area contributed by atoms with Gasteiger partial charge in [-0.05, 0) is 35.1 Å². The first-order valence-corrected chi connectivity index (χ1v) is 12.3. The van der Waals surface area contributed by atoms with Crippen molar-refractivity contribution in [2.24, 2.45) is 5.41 Å². The highest BCUT2D eigenvalue weighted by atomic mass is 16.5. The molecule has 0 heterocycles. The lowest BCUT2D eigenvalue weighted by Gasteiger charge is -2.28. The topological polar surface area (TPSA) is 80.6 Å². The van der Waals surface area contributed by atoms with Gasteiger partial charge in [-0.15, -0.1) is 0 Å². The van der Waals surface area contributed by atoms with E-state index < -0.39 is 0 Å². The van der Waals surface area contributed by atoms with Crippen molar-refractivity contribution < 1.29 is 19.0 Å². The maximum atomic E-state index is 12.7. The van der Waals surface area contributed by atoms with Crippen molar-refractivity contribution in [2.45, 2.75) is 47.1 Å². The van der Waals surface area contributed by atoms with Crippen molar-refractivity contribution in [1.82, 2.24) is 0 Å². The number of nitriles is 1. The van der Waals surface area contributed by atoms with Crippen molar-refractivity contribution in [3.05, 3.63) is 59.2 Å². The van der Waals surface area contributed by atoms with Gasteiger partial charge in [0, 0.05) is 35.4 Å². The standard InChI is InChI=1S/C30H36N2O4/c1-7-26(33)32-29-22-13-10-11-20(18-31)27(22)23(17-30(2,3)4)28(24(29)19-36-16-15-34-5)21-12-8-9-14-25(21)35-6/h8-14H,7,15-17,19H2,1-6H3,(H,32,33). The summed E-state index contributed by atoms with van der Waals surface area (Å²) in [6, 6.07) is 15.9. The van der Waals surface area contributed by atoms with Gasteiger partial charge in [-0.1, -0.05) is 58.0 Å². The molecule has 0 unspecified atom stereocenters. The highest BCUT2D eigenvalue weighted by Crippen LogP contribution is 2.46. The van der Waals surface area contributed by atoms with Crippen LogP contribution in [0.4, 0.5) is 5.69 Å². The first-order chi connectivity index (χ1) is 17.3. The fourth-order valence-corrected chi connectivity index (χ4v) is 4.49. The van der Waals surface area contributed by atoms with Crippen LogP contribution < -0.4 is 10.1 Å². The number of nitrogens with one attached hydrogen (secondary N) is 1. The van der Waals surface area contributed by atoms with Crippen molar-refractivity contribution in [2.75, 3.05) is 32.8 Å².